The number of anilines is 2. The Morgan fingerprint density at radius 3 is 2.62 bits per heavy atom. The van der Waals surface area contributed by atoms with Crippen LogP contribution in [0.3, 0.4) is 0 Å². The third kappa shape index (κ3) is 5.48. The standard InChI is InChI=1S/C22H22BrN7OS/c1-2-11-28-12-14-29(15-13-28)20-6-4-3-5-19(20)24-21(31)16-32-22-25-26-27-30(22)18-9-7-17(23)8-10-18/h1,3-10H,11-16H2,(H,24,31). The molecule has 0 unspecified atom stereocenters. The molecule has 3 aromatic rings. The minimum Gasteiger partial charge on any atom is -0.367 e. The Labute approximate surface area is 199 Å². The smallest absolute Gasteiger partial charge is 0.234 e. The molecular weight excluding hydrogens is 490 g/mol. The van der Waals surface area contributed by atoms with Crippen LogP contribution in [-0.2, 0) is 4.79 Å². The number of nitrogens with zero attached hydrogens (tertiary/aromatic N) is 6. The number of nitrogens with one attached hydrogen (secondary N) is 1. The van der Waals surface area contributed by atoms with Crippen molar-refractivity contribution in [2.24, 2.45) is 0 Å². The van der Waals surface area contributed by atoms with Crippen molar-refractivity contribution >= 4 is 45.0 Å². The highest BCUT2D eigenvalue weighted by molar-refractivity contribution is 9.10. The van der Waals surface area contributed by atoms with Crippen molar-refractivity contribution < 1.29 is 4.79 Å². The zero-order chi connectivity index (χ0) is 22.3. The monoisotopic (exact) mass is 511 g/mol. The van der Waals surface area contributed by atoms with Crippen LogP contribution in [0, 0.1) is 12.3 Å². The molecular formula is C22H22BrN7OS. The van der Waals surface area contributed by atoms with E-state index in [9.17, 15) is 4.79 Å². The van der Waals surface area contributed by atoms with Crippen LogP contribution >= 0.6 is 27.7 Å². The van der Waals surface area contributed by atoms with Gasteiger partial charge in [-0.1, -0.05) is 45.7 Å². The van der Waals surface area contributed by atoms with Crippen molar-refractivity contribution in [1.29, 1.82) is 0 Å². The molecule has 1 aliphatic heterocycles. The van der Waals surface area contributed by atoms with Crippen LogP contribution in [-0.4, -0.2) is 69.5 Å². The molecule has 0 bridgehead atoms. The molecule has 1 saturated heterocycles. The topological polar surface area (TPSA) is 79.2 Å². The van der Waals surface area contributed by atoms with E-state index >= 15 is 0 Å². The maximum absolute atomic E-state index is 12.7. The first kappa shape index (κ1) is 22.3. The summed E-state index contributed by atoms with van der Waals surface area (Å²) in [6, 6.07) is 15.5. The fourth-order valence-electron chi connectivity index (χ4n) is 3.46. The van der Waals surface area contributed by atoms with E-state index in [4.69, 9.17) is 6.42 Å². The van der Waals surface area contributed by atoms with Gasteiger partial charge in [0.2, 0.25) is 11.1 Å². The quantitative estimate of drug-likeness (QED) is 0.385. The number of aromatic nitrogens is 4. The van der Waals surface area contributed by atoms with Crippen LogP contribution in [0.2, 0.25) is 0 Å². The summed E-state index contributed by atoms with van der Waals surface area (Å²) in [7, 11) is 0. The van der Waals surface area contributed by atoms with Crippen molar-refractivity contribution in [1.82, 2.24) is 25.1 Å². The minimum absolute atomic E-state index is 0.112. The summed E-state index contributed by atoms with van der Waals surface area (Å²) in [5, 5.41) is 15.4. The molecule has 1 aromatic heterocycles. The molecule has 2 heterocycles. The van der Waals surface area contributed by atoms with Gasteiger partial charge in [-0.15, -0.1) is 11.5 Å². The number of piperazine rings is 1. The first-order valence-corrected chi connectivity index (χ1v) is 11.9. The molecule has 1 N–H and O–H groups in total. The highest BCUT2D eigenvalue weighted by Gasteiger charge is 2.19. The Bertz CT molecular complexity index is 1100. The number of hydrogen-bond donors (Lipinski definition) is 1. The normalized spacial score (nSPS) is 14.2. The summed E-state index contributed by atoms with van der Waals surface area (Å²) in [5.74, 6) is 2.79. The van der Waals surface area contributed by atoms with E-state index in [2.05, 4.69) is 52.5 Å². The molecule has 0 atom stereocenters. The number of amides is 1. The van der Waals surface area contributed by atoms with Gasteiger partial charge in [-0.3, -0.25) is 9.69 Å². The van der Waals surface area contributed by atoms with E-state index in [0.717, 1.165) is 47.7 Å². The molecule has 164 valence electrons. The SMILES string of the molecule is C#CCN1CCN(c2ccccc2NC(=O)CSc2nnnn2-c2ccc(Br)cc2)CC1. The van der Waals surface area contributed by atoms with Gasteiger partial charge >= 0.3 is 0 Å². The Hall–Kier alpha value is -2.87. The van der Waals surface area contributed by atoms with Gasteiger partial charge in [0.15, 0.2) is 0 Å². The number of halogens is 1. The zero-order valence-corrected chi connectivity index (χ0v) is 19.7. The number of tetrazole rings is 1. The molecule has 0 saturated carbocycles. The molecule has 4 rings (SSSR count). The van der Waals surface area contributed by atoms with Gasteiger partial charge in [0, 0.05) is 30.7 Å². The summed E-state index contributed by atoms with van der Waals surface area (Å²) < 4.78 is 2.59. The Morgan fingerprint density at radius 1 is 1.12 bits per heavy atom. The molecule has 10 heteroatoms. The van der Waals surface area contributed by atoms with E-state index < -0.39 is 0 Å². The average Bonchev–Trinajstić information content (AvgIpc) is 3.28. The lowest BCUT2D eigenvalue weighted by molar-refractivity contribution is -0.113. The van der Waals surface area contributed by atoms with Crippen LogP contribution in [0.5, 0.6) is 0 Å². The number of carbonyl (C=O) groups excluding carboxylic acids is 1. The highest BCUT2D eigenvalue weighted by Crippen LogP contribution is 2.27. The van der Waals surface area contributed by atoms with Gasteiger partial charge in [-0.2, -0.15) is 4.68 Å². The van der Waals surface area contributed by atoms with Crippen molar-refractivity contribution in [3.8, 4) is 18.0 Å². The van der Waals surface area contributed by atoms with E-state index in [-0.39, 0.29) is 11.7 Å². The summed E-state index contributed by atoms with van der Waals surface area (Å²) in [4.78, 5) is 17.2. The Balaban J connectivity index is 1.37. The summed E-state index contributed by atoms with van der Waals surface area (Å²) >= 11 is 4.71. The number of benzene rings is 2. The fourth-order valence-corrected chi connectivity index (χ4v) is 4.42. The van der Waals surface area contributed by atoms with Crippen molar-refractivity contribution in [2.45, 2.75) is 5.16 Å². The zero-order valence-electron chi connectivity index (χ0n) is 17.3. The summed E-state index contributed by atoms with van der Waals surface area (Å²) in [6.45, 7) is 4.21. The number of para-hydroxylation sites is 2. The lowest BCUT2D eigenvalue weighted by Gasteiger charge is -2.36. The second-order valence-electron chi connectivity index (χ2n) is 7.17. The van der Waals surface area contributed by atoms with Crippen molar-refractivity contribution in [3.63, 3.8) is 0 Å². The lowest BCUT2D eigenvalue weighted by Crippen LogP contribution is -2.46. The second kappa shape index (κ2) is 10.6. The third-order valence-electron chi connectivity index (χ3n) is 5.05. The van der Waals surface area contributed by atoms with Crippen LogP contribution in [0.4, 0.5) is 11.4 Å². The van der Waals surface area contributed by atoms with Gasteiger partial charge in [0.1, 0.15) is 0 Å². The summed E-state index contributed by atoms with van der Waals surface area (Å²) in [5.41, 5.74) is 2.65. The minimum atomic E-state index is -0.112. The molecule has 0 radical (unpaired) electrons. The second-order valence-corrected chi connectivity index (χ2v) is 9.03. The number of carbonyl (C=O) groups is 1. The molecule has 32 heavy (non-hydrogen) atoms. The molecule has 0 spiro atoms. The first-order valence-electron chi connectivity index (χ1n) is 10.1. The number of rotatable bonds is 7. The van der Waals surface area contributed by atoms with Crippen molar-refractivity contribution in [3.05, 3.63) is 53.0 Å². The van der Waals surface area contributed by atoms with E-state index in [0.29, 0.717) is 11.7 Å². The van der Waals surface area contributed by atoms with E-state index in [1.807, 2.05) is 48.5 Å². The summed E-state index contributed by atoms with van der Waals surface area (Å²) in [6.07, 6.45) is 5.43. The lowest BCUT2D eigenvalue weighted by atomic mass is 10.2. The van der Waals surface area contributed by atoms with Crippen LogP contribution < -0.4 is 10.2 Å². The Morgan fingerprint density at radius 2 is 1.88 bits per heavy atom. The third-order valence-corrected chi connectivity index (χ3v) is 6.50. The van der Waals surface area contributed by atoms with Crippen LogP contribution in [0.25, 0.3) is 5.69 Å². The number of terminal acetylenes is 1. The molecule has 1 fully saturated rings. The average molecular weight is 512 g/mol. The van der Waals surface area contributed by atoms with Gasteiger partial charge in [-0.25, -0.2) is 0 Å². The van der Waals surface area contributed by atoms with Gasteiger partial charge in [0.05, 0.1) is 29.4 Å². The molecule has 2 aromatic carbocycles. The van der Waals surface area contributed by atoms with Crippen LogP contribution in [0.15, 0.2) is 58.2 Å². The maximum atomic E-state index is 12.7. The Kier molecular flexibility index (Phi) is 7.42. The van der Waals surface area contributed by atoms with Gasteiger partial charge in [0.25, 0.3) is 0 Å². The highest BCUT2D eigenvalue weighted by atomic mass is 79.9. The van der Waals surface area contributed by atoms with E-state index in [1.165, 1.54) is 11.8 Å². The van der Waals surface area contributed by atoms with E-state index in [1.54, 1.807) is 4.68 Å². The maximum Gasteiger partial charge on any atom is 0.234 e. The van der Waals surface area contributed by atoms with Gasteiger partial charge < -0.3 is 10.2 Å². The van der Waals surface area contributed by atoms with Crippen LogP contribution in [0.1, 0.15) is 0 Å². The molecule has 0 aliphatic carbocycles. The molecule has 1 aliphatic rings. The van der Waals surface area contributed by atoms with Gasteiger partial charge in [-0.05, 0) is 46.8 Å². The number of thioether (sulfide) groups is 1. The fraction of sp³-hybridized carbons (Fsp3) is 0.273. The largest absolute Gasteiger partial charge is 0.367 e. The van der Waals surface area contributed by atoms with Crippen molar-refractivity contribution in [2.75, 3.05) is 48.7 Å². The predicted molar refractivity (Wildman–Crippen MR) is 130 cm³/mol. The molecule has 1 amide bonds. The number of hydrogen-bond acceptors (Lipinski definition) is 7. The predicted octanol–water partition coefficient (Wildman–Crippen LogP) is 2.91. The molecule has 8 nitrogen and oxygen atoms in total. The first-order chi connectivity index (χ1) is 15.6.